The number of hydrogen-bond donors (Lipinski definition) is 0. The van der Waals surface area contributed by atoms with Crippen LogP contribution in [0.5, 0.6) is 0 Å². The predicted molar refractivity (Wildman–Crippen MR) is 210 cm³/mol. The van der Waals surface area contributed by atoms with Crippen LogP contribution >= 0.6 is 78.2 Å². The van der Waals surface area contributed by atoms with Gasteiger partial charge in [-0.25, -0.2) is 0 Å². The maximum atomic E-state index is 6.11. The quantitative estimate of drug-likeness (QED) is 0.0352. The molecule has 0 aromatic carbocycles. The maximum Gasteiger partial charge on any atom is 0.332 e. The highest BCUT2D eigenvalue weighted by atomic mass is 35.5. The third-order valence-electron chi connectivity index (χ3n) is 8.29. The lowest BCUT2D eigenvalue weighted by Crippen LogP contribution is -2.00. The highest BCUT2D eigenvalue weighted by molar-refractivity contribution is 7.41. The Bertz CT molecular complexity index is 502. The minimum atomic E-state index is -1.24. The molecule has 0 aliphatic heterocycles. The SMILES string of the molecule is ClC(Cl)CCCCCCCCCCCOP(OCCCCCCCCCCCC(Cl)Cl)OCCCCCCCCCCCC(Cl)Cl. The molecule has 0 N–H and O–H groups in total. The first-order valence-electron chi connectivity index (χ1n) is 18.9. The smallest absolute Gasteiger partial charge is 0.312 e. The summed E-state index contributed by atoms with van der Waals surface area (Å²) in [5.41, 5.74) is 0. The molecule has 0 aliphatic rings. The summed E-state index contributed by atoms with van der Waals surface area (Å²) in [5, 5.41) is 0. The number of rotatable bonds is 39. The van der Waals surface area contributed by atoms with Crippen LogP contribution in [0.2, 0.25) is 0 Å². The van der Waals surface area contributed by atoms with Crippen LogP contribution in [0.25, 0.3) is 0 Å². The van der Waals surface area contributed by atoms with Gasteiger partial charge in [0.15, 0.2) is 0 Å². The van der Waals surface area contributed by atoms with E-state index in [2.05, 4.69) is 0 Å². The number of hydrogen-bond acceptors (Lipinski definition) is 3. The van der Waals surface area contributed by atoms with Gasteiger partial charge in [-0.05, 0) is 38.5 Å². The van der Waals surface area contributed by atoms with Gasteiger partial charge in [0.05, 0.1) is 19.8 Å². The monoisotopic (exact) mass is 790 g/mol. The van der Waals surface area contributed by atoms with E-state index < -0.39 is 8.60 Å². The zero-order chi connectivity index (χ0) is 33.8. The van der Waals surface area contributed by atoms with Gasteiger partial charge < -0.3 is 13.6 Å². The van der Waals surface area contributed by atoms with Crippen molar-refractivity contribution in [2.75, 3.05) is 19.8 Å². The molecule has 0 spiro atoms. The van der Waals surface area contributed by atoms with Crippen molar-refractivity contribution in [3.8, 4) is 0 Å². The lowest BCUT2D eigenvalue weighted by molar-refractivity contribution is 0.153. The summed E-state index contributed by atoms with van der Waals surface area (Å²) >= 11 is 34.8. The van der Waals surface area contributed by atoms with Crippen LogP contribution in [0.15, 0.2) is 0 Å². The van der Waals surface area contributed by atoms with E-state index in [9.17, 15) is 0 Å². The fourth-order valence-corrected chi connectivity index (χ4v) is 7.43. The Morgan fingerprint density at radius 3 is 0.630 bits per heavy atom. The summed E-state index contributed by atoms with van der Waals surface area (Å²) in [7, 11) is -1.24. The molecular weight excluding hydrogens is 724 g/mol. The van der Waals surface area contributed by atoms with E-state index in [1.54, 1.807) is 0 Å². The normalized spacial score (nSPS) is 12.1. The van der Waals surface area contributed by atoms with Crippen LogP contribution in [0, 0.1) is 0 Å². The number of unbranched alkanes of at least 4 members (excludes halogenated alkanes) is 24. The van der Waals surface area contributed by atoms with Crippen molar-refractivity contribution in [3.63, 3.8) is 0 Å². The van der Waals surface area contributed by atoms with E-state index in [1.165, 1.54) is 135 Å². The summed E-state index contributed by atoms with van der Waals surface area (Å²) in [4.78, 5) is -0.611. The third kappa shape index (κ3) is 42.2. The van der Waals surface area contributed by atoms with E-state index in [0.29, 0.717) is 0 Å². The first kappa shape index (κ1) is 48.0. The van der Waals surface area contributed by atoms with Gasteiger partial charge in [-0.15, -0.1) is 69.6 Å². The molecule has 46 heavy (non-hydrogen) atoms. The first-order chi connectivity index (χ1) is 22.4. The molecule has 0 aromatic heterocycles. The van der Waals surface area contributed by atoms with Gasteiger partial charge in [-0.3, -0.25) is 0 Å². The van der Waals surface area contributed by atoms with E-state index in [4.69, 9.17) is 83.2 Å². The van der Waals surface area contributed by atoms with Crippen molar-refractivity contribution < 1.29 is 13.6 Å². The zero-order valence-corrected chi connectivity index (χ0v) is 34.4. The average molecular weight is 794 g/mol. The van der Waals surface area contributed by atoms with E-state index >= 15 is 0 Å². The van der Waals surface area contributed by atoms with Crippen molar-refractivity contribution in [1.82, 2.24) is 0 Å². The lowest BCUT2D eigenvalue weighted by atomic mass is 10.1. The Hall–Kier alpha value is 2.05. The average Bonchev–Trinajstić information content (AvgIpc) is 3.01. The molecule has 0 saturated heterocycles. The highest BCUT2D eigenvalue weighted by Gasteiger charge is 2.12. The van der Waals surface area contributed by atoms with Gasteiger partial charge in [0.2, 0.25) is 0 Å². The second kappa shape index (κ2) is 39.8. The fourth-order valence-electron chi connectivity index (χ4n) is 5.44. The second-order valence-electron chi connectivity index (χ2n) is 12.8. The molecule has 3 nitrogen and oxygen atoms in total. The predicted octanol–water partition coefficient (Wildman–Crippen LogP) is 16.4. The topological polar surface area (TPSA) is 27.7 Å². The van der Waals surface area contributed by atoms with Crippen molar-refractivity contribution in [2.24, 2.45) is 0 Å². The Morgan fingerprint density at radius 2 is 0.435 bits per heavy atom. The van der Waals surface area contributed by atoms with Crippen LogP contribution in [0.4, 0.5) is 0 Å². The second-order valence-corrected chi connectivity index (χ2v) is 17.9. The van der Waals surface area contributed by atoms with E-state index in [-0.39, 0.29) is 14.5 Å². The Kier molecular flexibility index (Phi) is 41.6. The van der Waals surface area contributed by atoms with Gasteiger partial charge in [0, 0.05) is 0 Å². The van der Waals surface area contributed by atoms with Crippen LogP contribution in [0.3, 0.4) is 0 Å². The highest BCUT2D eigenvalue weighted by Crippen LogP contribution is 2.40. The molecule has 0 rings (SSSR count). The van der Waals surface area contributed by atoms with E-state index in [0.717, 1.165) is 77.6 Å². The Labute approximate surface area is 316 Å². The third-order valence-corrected chi connectivity index (χ3v) is 10.8. The summed E-state index contributed by atoms with van der Waals surface area (Å²) in [6.45, 7) is 2.20. The maximum absolute atomic E-state index is 6.11. The molecule has 10 heteroatoms. The van der Waals surface area contributed by atoms with Gasteiger partial charge in [-0.2, -0.15) is 0 Å². The molecule has 0 aliphatic carbocycles. The summed E-state index contributed by atoms with van der Waals surface area (Å²) in [6.07, 6.45) is 36.3. The summed E-state index contributed by atoms with van der Waals surface area (Å²) in [5.74, 6) is 0. The molecule has 0 aromatic rings. The van der Waals surface area contributed by atoms with Gasteiger partial charge in [0.1, 0.15) is 14.5 Å². The first-order valence-corrected chi connectivity index (χ1v) is 22.7. The summed E-state index contributed by atoms with van der Waals surface area (Å²) in [6, 6.07) is 0. The summed E-state index contributed by atoms with van der Waals surface area (Å²) < 4.78 is 18.3. The number of halogens is 6. The Morgan fingerprint density at radius 1 is 0.261 bits per heavy atom. The standard InChI is InChI=1S/C36H69Cl6O3P/c37-34(38)28-22-16-10-4-1-7-13-19-25-31-43-46(44-32-26-20-14-8-2-5-11-17-23-29-35(39)40)45-33-27-21-15-9-3-6-12-18-24-30-36(41)42/h34-36H,1-33H2. The van der Waals surface area contributed by atoms with Crippen LogP contribution in [0.1, 0.15) is 193 Å². The minimum absolute atomic E-state index is 0.204. The minimum Gasteiger partial charge on any atom is -0.312 e. The fraction of sp³-hybridized carbons (Fsp3) is 1.00. The molecule has 0 unspecified atom stereocenters. The van der Waals surface area contributed by atoms with Crippen LogP contribution < -0.4 is 0 Å². The molecule has 0 fully saturated rings. The van der Waals surface area contributed by atoms with Gasteiger partial charge in [0.25, 0.3) is 0 Å². The number of alkyl halides is 6. The van der Waals surface area contributed by atoms with Gasteiger partial charge in [-0.1, -0.05) is 154 Å². The van der Waals surface area contributed by atoms with Crippen molar-refractivity contribution in [1.29, 1.82) is 0 Å². The molecule has 0 radical (unpaired) electrons. The van der Waals surface area contributed by atoms with Crippen molar-refractivity contribution in [3.05, 3.63) is 0 Å². The molecule has 0 bridgehead atoms. The van der Waals surface area contributed by atoms with E-state index in [1.807, 2.05) is 0 Å². The van der Waals surface area contributed by atoms with Crippen molar-refractivity contribution >= 4 is 78.2 Å². The van der Waals surface area contributed by atoms with Crippen LogP contribution in [-0.4, -0.2) is 34.3 Å². The van der Waals surface area contributed by atoms with Crippen LogP contribution in [-0.2, 0) is 13.6 Å². The van der Waals surface area contributed by atoms with Gasteiger partial charge >= 0.3 is 8.60 Å². The Balaban J connectivity index is 3.95. The molecule has 0 atom stereocenters. The lowest BCUT2D eigenvalue weighted by Gasteiger charge is -2.17. The zero-order valence-electron chi connectivity index (χ0n) is 29.0. The molecule has 278 valence electrons. The molecule has 0 heterocycles. The van der Waals surface area contributed by atoms with Crippen molar-refractivity contribution in [2.45, 2.75) is 207 Å². The molecule has 0 amide bonds. The molecular formula is C36H69Cl6O3P. The molecule has 0 saturated carbocycles. The largest absolute Gasteiger partial charge is 0.332 e.